The molecule has 0 N–H and O–H groups in total. The van der Waals surface area contributed by atoms with Crippen LogP contribution >= 0.6 is 23.2 Å². The van der Waals surface area contributed by atoms with Crippen molar-refractivity contribution in [1.82, 2.24) is 0 Å². The van der Waals surface area contributed by atoms with E-state index in [2.05, 4.69) is 9.98 Å². The molecule has 1 fully saturated rings. The molecule has 0 atom stereocenters. The lowest BCUT2D eigenvalue weighted by molar-refractivity contribution is -0.0993. The Morgan fingerprint density at radius 1 is 1.50 bits per heavy atom. The van der Waals surface area contributed by atoms with E-state index in [1.54, 1.807) is 7.05 Å². The van der Waals surface area contributed by atoms with Crippen LogP contribution in [-0.4, -0.2) is 37.9 Å². The predicted octanol–water partition coefficient (Wildman–Crippen LogP) is 1.78. The molecule has 0 saturated carbocycles. The predicted molar refractivity (Wildman–Crippen MR) is 57.3 cm³/mol. The summed E-state index contributed by atoms with van der Waals surface area (Å²) in [7, 11) is 1.54. The minimum atomic E-state index is 0.104. The second-order valence-electron chi connectivity index (χ2n) is 2.55. The maximum Gasteiger partial charge on any atom is 0.217 e. The highest BCUT2D eigenvalue weighted by Gasteiger charge is 2.18. The van der Waals surface area contributed by atoms with Crippen LogP contribution in [0.5, 0.6) is 0 Å². The maximum atomic E-state index is 5.74. The van der Waals surface area contributed by atoms with Crippen molar-refractivity contribution in [2.75, 3.05) is 20.3 Å². The molecule has 1 rings (SSSR count). The van der Waals surface area contributed by atoms with Crippen LogP contribution in [0.25, 0.3) is 0 Å². The van der Waals surface area contributed by atoms with Crippen LogP contribution in [0.1, 0.15) is 0 Å². The Bertz CT molecular complexity index is 273. The number of hydrogen-bond donors (Lipinski definition) is 0. The summed E-state index contributed by atoms with van der Waals surface area (Å²) < 4.78 is 10.1. The number of halogens is 2. The Kier molecular flexibility index (Phi) is 4.93. The second-order valence-corrected chi connectivity index (χ2v) is 3.32. The number of allylic oxidation sites excluding steroid dienone is 1. The summed E-state index contributed by atoms with van der Waals surface area (Å²) in [6.45, 7) is 1.21. The van der Waals surface area contributed by atoms with Gasteiger partial charge in [0.1, 0.15) is 12.4 Å². The summed E-state index contributed by atoms with van der Waals surface area (Å²) in [5.41, 5.74) is 0. The molecule has 1 heterocycles. The average molecular weight is 237 g/mol. The lowest BCUT2D eigenvalue weighted by atomic mass is 10.3. The first-order valence-corrected chi connectivity index (χ1v) is 4.73. The zero-order chi connectivity index (χ0) is 10.4. The molecule has 0 aliphatic carbocycles. The van der Waals surface area contributed by atoms with Crippen LogP contribution in [0.4, 0.5) is 0 Å². The van der Waals surface area contributed by atoms with E-state index in [9.17, 15) is 0 Å². The minimum Gasteiger partial charge on any atom is -0.492 e. The zero-order valence-corrected chi connectivity index (χ0v) is 9.12. The number of aliphatic imine (C=N–C) groups is 2. The van der Waals surface area contributed by atoms with Gasteiger partial charge in [0.25, 0.3) is 0 Å². The fourth-order valence-corrected chi connectivity index (χ4v) is 0.806. The minimum absolute atomic E-state index is 0.104. The van der Waals surface area contributed by atoms with Gasteiger partial charge in [-0.2, -0.15) is 0 Å². The summed E-state index contributed by atoms with van der Waals surface area (Å²) in [6, 6.07) is 0. The highest BCUT2D eigenvalue weighted by atomic mass is 35.5. The Labute approximate surface area is 92.2 Å². The van der Waals surface area contributed by atoms with E-state index in [-0.39, 0.29) is 11.4 Å². The molecule has 0 spiro atoms. The molecular formula is C8H10Cl2N2O2. The molecule has 14 heavy (non-hydrogen) atoms. The van der Waals surface area contributed by atoms with Gasteiger partial charge in [-0.05, 0) is 11.6 Å². The van der Waals surface area contributed by atoms with Crippen LogP contribution in [0.2, 0.25) is 0 Å². The standard InChI is InChI=1S/C8H10Cl2N2O2/c1-11-8(10)12-2-6(9)3-14-7-4-13-5-7/h2-3,7H,4-5H2,1H3/b6-3-,11-8?,12-2?. The first kappa shape index (κ1) is 11.5. The largest absolute Gasteiger partial charge is 0.492 e. The topological polar surface area (TPSA) is 43.2 Å². The van der Waals surface area contributed by atoms with Crippen molar-refractivity contribution in [2.24, 2.45) is 9.98 Å². The Morgan fingerprint density at radius 2 is 2.21 bits per heavy atom. The highest BCUT2D eigenvalue weighted by molar-refractivity contribution is 6.65. The number of nitrogens with zero attached hydrogens (tertiary/aromatic N) is 2. The van der Waals surface area contributed by atoms with Crippen LogP contribution in [0.3, 0.4) is 0 Å². The van der Waals surface area contributed by atoms with Crippen molar-refractivity contribution in [1.29, 1.82) is 0 Å². The van der Waals surface area contributed by atoms with Gasteiger partial charge in [0.2, 0.25) is 5.29 Å². The molecule has 1 aliphatic rings. The highest BCUT2D eigenvalue weighted by Crippen LogP contribution is 2.08. The quantitative estimate of drug-likeness (QED) is 0.325. The van der Waals surface area contributed by atoms with E-state index in [4.69, 9.17) is 32.7 Å². The second kappa shape index (κ2) is 6.01. The molecule has 0 aromatic carbocycles. The van der Waals surface area contributed by atoms with E-state index >= 15 is 0 Å². The van der Waals surface area contributed by atoms with Crippen LogP contribution in [0.15, 0.2) is 21.3 Å². The molecule has 4 nitrogen and oxygen atoms in total. The van der Waals surface area contributed by atoms with Crippen molar-refractivity contribution in [3.8, 4) is 0 Å². The molecule has 0 unspecified atom stereocenters. The van der Waals surface area contributed by atoms with Gasteiger partial charge in [0, 0.05) is 7.05 Å². The lowest BCUT2D eigenvalue weighted by Gasteiger charge is -2.24. The smallest absolute Gasteiger partial charge is 0.217 e. The van der Waals surface area contributed by atoms with E-state index in [1.807, 2.05) is 0 Å². The van der Waals surface area contributed by atoms with E-state index < -0.39 is 0 Å². The number of rotatable bonds is 3. The molecule has 0 amide bonds. The zero-order valence-electron chi connectivity index (χ0n) is 7.61. The molecule has 78 valence electrons. The van der Waals surface area contributed by atoms with Gasteiger partial charge >= 0.3 is 0 Å². The Hall–Kier alpha value is -0.580. The van der Waals surface area contributed by atoms with E-state index in [0.29, 0.717) is 18.2 Å². The summed E-state index contributed by atoms with van der Waals surface area (Å²) in [4.78, 5) is 7.36. The van der Waals surface area contributed by atoms with E-state index in [1.165, 1.54) is 12.5 Å². The van der Waals surface area contributed by atoms with E-state index in [0.717, 1.165) is 0 Å². The normalized spacial score (nSPS) is 19.9. The first-order valence-electron chi connectivity index (χ1n) is 3.97. The monoisotopic (exact) mass is 236 g/mol. The molecule has 0 aromatic heterocycles. The molecule has 1 saturated heterocycles. The molecular weight excluding hydrogens is 227 g/mol. The van der Waals surface area contributed by atoms with Gasteiger partial charge in [0.15, 0.2) is 0 Å². The van der Waals surface area contributed by atoms with Crippen LogP contribution in [0, 0.1) is 0 Å². The van der Waals surface area contributed by atoms with Gasteiger partial charge in [-0.3, -0.25) is 4.99 Å². The van der Waals surface area contributed by atoms with Crippen LogP contribution in [-0.2, 0) is 9.47 Å². The number of ether oxygens (including phenoxy) is 2. The number of hydrogen-bond acceptors (Lipinski definition) is 3. The Morgan fingerprint density at radius 3 is 2.71 bits per heavy atom. The number of amidine groups is 1. The van der Waals surface area contributed by atoms with Gasteiger partial charge in [-0.1, -0.05) is 11.6 Å². The van der Waals surface area contributed by atoms with Crippen molar-refractivity contribution in [3.05, 3.63) is 11.3 Å². The maximum absolute atomic E-state index is 5.74. The van der Waals surface area contributed by atoms with Gasteiger partial charge in [0.05, 0.1) is 24.5 Å². The van der Waals surface area contributed by atoms with Crippen molar-refractivity contribution in [3.63, 3.8) is 0 Å². The fourth-order valence-electron chi connectivity index (χ4n) is 0.657. The van der Waals surface area contributed by atoms with Crippen LogP contribution < -0.4 is 0 Å². The molecule has 0 aromatic rings. The average Bonchev–Trinajstić information content (AvgIpc) is 2.11. The first-order chi connectivity index (χ1) is 6.72. The Balaban J connectivity index is 2.31. The third-order valence-electron chi connectivity index (χ3n) is 1.46. The van der Waals surface area contributed by atoms with Crippen molar-refractivity contribution >= 4 is 34.7 Å². The van der Waals surface area contributed by atoms with Crippen molar-refractivity contribution in [2.45, 2.75) is 6.10 Å². The van der Waals surface area contributed by atoms with Crippen molar-refractivity contribution < 1.29 is 9.47 Å². The molecule has 6 heteroatoms. The third kappa shape index (κ3) is 4.09. The lowest BCUT2D eigenvalue weighted by Crippen LogP contribution is -2.34. The third-order valence-corrected chi connectivity index (χ3v) is 1.91. The molecule has 0 radical (unpaired) electrons. The summed E-state index contributed by atoms with van der Waals surface area (Å²) in [6.07, 6.45) is 2.89. The molecule has 1 aliphatic heterocycles. The fraction of sp³-hybridized carbons (Fsp3) is 0.500. The summed E-state index contributed by atoms with van der Waals surface area (Å²) in [5, 5.41) is 0.502. The van der Waals surface area contributed by atoms with Gasteiger partial charge in [-0.15, -0.1) is 0 Å². The van der Waals surface area contributed by atoms with Gasteiger partial charge < -0.3 is 9.47 Å². The SMILES string of the molecule is CN=C(Cl)N=C/C(Cl)=C/OC1COC1. The summed E-state index contributed by atoms with van der Waals surface area (Å²) in [5.74, 6) is 0. The summed E-state index contributed by atoms with van der Waals surface area (Å²) >= 11 is 11.3. The molecule has 0 bridgehead atoms. The van der Waals surface area contributed by atoms with Gasteiger partial charge in [-0.25, -0.2) is 4.99 Å².